The molecule has 3 aromatic rings. The normalized spacial score (nSPS) is 15.8. The Morgan fingerprint density at radius 1 is 1.03 bits per heavy atom. The van der Waals surface area contributed by atoms with E-state index >= 15 is 0 Å². The molecule has 1 aliphatic heterocycles. The van der Waals surface area contributed by atoms with Gasteiger partial charge in [0.15, 0.2) is 0 Å². The van der Waals surface area contributed by atoms with Gasteiger partial charge < -0.3 is 15.0 Å². The number of hydrogen-bond donors (Lipinski definition) is 1. The van der Waals surface area contributed by atoms with Crippen LogP contribution in [-0.2, 0) is 0 Å². The molecule has 1 amide bonds. The third kappa shape index (κ3) is 6.16. The molecule has 0 aliphatic carbocycles. The maximum absolute atomic E-state index is 13.0. The topological polar surface area (TPSA) is 57.7 Å². The molecule has 7 heteroatoms. The predicted molar refractivity (Wildman–Crippen MR) is 129 cm³/mol. The van der Waals surface area contributed by atoms with E-state index in [-0.39, 0.29) is 11.9 Å². The van der Waals surface area contributed by atoms with Crippen molar-refractivity contribution in [1.82, 2.24) is 20.1 Å². The number of ether oxygens (including phenoxy) is 1. The summed E-state index contributed by atoms with van der Waals surface area (Å²) in [5.74, 6) is 0.991. The lowest BCUT2D eigenvalue weighted by molar-refractivity contribution is 0.0907. The van der Waals surface area contributed by atoms with Crippen LogP contribution in [0.3, 0.4) is 0 Å². The third-order valence-corrected chi connectivity index (χ3v) is 6.11. The van der Waals surface area contributed by atoms with E-state index in [1.165, 1.54) is 0 Å². The van der Waals surface area contributed by atoms with Crippen molar-refractivity contribution >= 4 is 21.8 Å². The fraction of sp³-hybridized carbons (Fsp3) is 0.280. The van der Waals surface area contributed by atoms with E-state index in [4.69, 9.17) is 4.74 Å². The zero-order valence-electron chi connectivity index (χ0n) is 18.1. The number of carbonyl (C=O) groups excluding carboxylic acids is 1. The second kappa shape index (κ2) is 10.7. The molecule has 6 nitrogen and oxygen atoms in total. The molecule has 1 N–H and O–H groups in total. The van der Waals surface area contributed by atoms with Crippen molar-refractivity contribution in [2.24, 2.45) is 0 Å². The van der Waals surface area contributed by atoms with E-state index in [9.17, 15) is 4.79 Å². The van der Waals surface area contributed by atoms with Gasteiger partial charge in [0.05, 0.1) is 11.6 Å². The number of nitrogens with zero attached hydrogens (tertiary/aromatic N) is 3. The number of hydrogen-bond acceptors (Lipinski definition) is 5. The van der Waals surface area contributed by atoms with Gasteiger partial charge in [0, 0.05) is 49.5 Å². The molecule has 0 saturated carbocycles. The number of aromatic nitrogens is 1. The summed E-state index contributed by atoms with van der Waals surface area (Å²) in [6, 6.07) is 21.0. The Morgan fingerprint density at radius 2 is 1.75 bits per heavy atom. The van der Waals surface area contributed by atoms with Crippen LogP contribution in [0.5, 0.6) is 11.6 Å². The van der Waals surface area contributed by atoms with Crippen LogP contribution in [0, 0.1) is 0 Å². The summed E-state index contributed by atoms with van der Waals surface area (Å²) in [4.78, 5) is 22.1. The minimum absolute atomic E-state index is 0.0919. The summed E-state index contributed by atoms with van der Waals surface area (Å²) in [5, 5.41) is 3.20. The molecule has 1 aliphatic rings. The summed E-state index contributed by atoms with van der Waals surface area (Å²) in [6.45, 7) is 4.86. The van der Waals surface area contributed by atoms with Crippen molar-refractivity contribution in [2.45, 2.75) is 6.04 Å². The van der Waals surface area contributed by atoms with Gasteiger partial charge in [-0.05, 0) is 42.9 Å². The predicted octanol–water partition coefficient (Wildman–Crippen LogP) is 4.35. The van der Waals surface area contributed by atoms with Crippen molar-refractivity contribution in [3.05, 3.63) is 88.5 Å². The molecule has 0 spiro atoms. The smallest absolute Gasteiger partial charge is 0.253 e. The van der Waals surface area contributed by atoms with Crippen molar-refractivity contribution < 1.29 is 9.53 Å². The molecule has 2 heterocycles. The van der Waals surface area contributed by atoms with Crippen LogP contribution in [0.25, 0.3) is 0 Å². The second-order valence-electron chi connectivity index (χ2n) is 7.98. The molecule has 0 bridgehead atoms. The average molecular weight is 495 g/mol. The number of halogens is 1. The molecular formula is C25H27BrN4O2. The number of carbonyl (C=O) groups is 1. The first-order chi connectivity index (χ1) is 15.6. The molecule has 4 rings (SSSR count). The zero-order chi connectivity index (χ0) is 22.3. The van der Waals surface area contributed by atoms with E-state index < -0.39 is 0 Å². The molecule has 1 aromatic heterocycles. The molecule has 1 fully saturated rings. The number of likely N-dealkylation sites (N-methyl/N-ethyl adjacent to an activating group) is 1. The number of nitrogens with one attached hydrogen (secondary N) is 1. The van der Waals surface area contributed by atoms with Gasteiger partial charge in [-0.2, -0.15) is 0 Å². The number of benzene rings is 2. The van der Waals surface area contributed by atoms with Gasteiger partial charge in [-0.15, -0.1) is 0 Å². The summed E-state index contributed by atoms with van der Waals surface area (Å²) in [7, 11) is 2.14. The number of rotatable bonds is 7. The maximum atomic E-state index is 13.0. The molecule has 1 saturated heterocycles. The zero-order valence-corrected chi connectivity index (χ0v) is 19.7. The molecule has 166 valence electrons. The van der Waals surface area contributed by atoms with E-state index in [0.29, 0.717) is 17.2 Å². The van der Waals surface area contributed by atoms with Crippen LogP contribution in [-0.4, -0.2) is 60.5 Å². The standard InChI is InChI=1S/C25H27BrN4O2/c1-29-13-15-30(16-14-29)18-23(19-5-3-2-4-6-19)28-25(31)20-7-12-24(27-17-20)32-22-10-8-21(26)9-11-22/h2-12,17,23H,13-16,18H2,1H3,(H,28,31). The highest BCUT2D eigenvalue weighted by atomic mass is 79.9. The van der Waals surface area contributed by atoms with Crippen LogP contribution in [0.1, 0.15) is 22.0 Å². The van der Waals surface area contributed by atoms with Crippen LogP contribution in [0.2, 0.25) is 0 Å². The van der Waals surface area contributed by atoms with Crippen molar-refractivity contribution in [3.63, 3.8) is 0 Å². The lowest BCUT2D eigenvalue weighted by Crippen LogP contribution is -2.47. The molecule has 0 radical (unpaired) electrons. The van der Waals surface area contributed by atoms with Gasteiger partial charge in [0.2, 0.25) is 5.88 Å². The number of pyridine rings is 1. The van der Waals surface area contributed by atoms with Crippen molar-refractivity contribution in [3.8, 4) is 11.6 Å². The highest BCUT2D eigenvalue weighted by Crippen LogP contribution is 2.22. The van der Waals surface area contributed by atoms with Gasteiger partial charge in [0.1, 0.15) is 5.75 Å². The minimum atomic E-state index is -0.143. The first kappa shape index (κ1) is 22.5. The summed E-state index contributed by atoms with van der Waals surface area (Å²) in [6.07, 6.45) is 1.56. The van der Waals surface area contributed by atoms with Crippen LogP contribution < -0.4 is 10.1 Å². The van der Waals surface area contributed by atoms with Gasteiger partial charge in [-0.3, -0.25) is 9.69 Å². The molecule has 1 unspecified atom stereocenters. The van der Waals surface area contributed by atoms with Crippen LogP contribution in [0.4, 0.5) is 0 Å². The lowest BCUT2D eigenvalue weighted by atomic mass is 10.1. The Labute approximate surface area is 197 Å². The molecule has 2 aromatic carbocycles. The minimum Gasteiger partial charge on any atom is -0.439 e. The maximum Gasteiger partial charge on any atom is 0.253 e. The average Bonchev–Trinajstić information content (AvgIpc) is 2.82. The SMILES string of the molecule is CN1CCN(CC(NC(=O)c2ccc(Oc3ccc(Br)cc3)nc2)c2ccccc2)CC1. The molecule has 1 atom stereocenters. The second-order valence-corrected chi connectivity index (χ2v) is 8.90. The van der Waals surface area contributed by atoms with E-state index in [0.717, 1.165) is 42.8 Å². The first-order valence-corrected chi connectivity index (χ1v) is 11.5. The fourth-order valence-electron chi connectivity index (χ4n) is 3.65. The third-order valence-electron chi connectivity index (χ3n) is 5.58. The summed E-state index contributed by atoms with van der Waals surface area (Å²) in [5.41, 5.74) is 1.61. The largest absolute Gasteiger partial charge is 0.439 e. The molecular weight excluding hydrogens is 468 g/mol. The van der Waals surface area contributed by atoms with Crippen molar-refractivity contribution in [2.75, 3.05) is 39.8 Å². The quantitative estimate of drug-likeness (QED) is 0.528. The van der Waals surface area contributed by atoms with E-state index in [2.05, 4.69) is 55.2 Å². The Balaban J connectivity index is 1.42. The highest BCUT2D eigenvalue weighted by Gasteiger charge is 2.22. The summed E-state index contributed by atoms with van der Waals surface area (Å²) < 4.78 is 6.73. The highest BCUT2D eigenvalue weighted by molar-refractivity contribution is 9.10. The Morgan fingerprint density at radius 3 is 2.41 bits per heavy atom. The van der Waals surface area contributed by atoms with Gasteiger partial charge in [0.25, 0.3) is 5.91 Å². The van der Waals surface area contributed by atoms with E-state index in [1.807, 2.05) is 42.5 Å². The molecule has 32 heavy (non-hydrogen) atoms. The van der Waals surface area contributed by atoms with Gasteiger partial charge in [-0.25, -0.2) is 4.98 Å². The van der Waals surface area contributed by atoms with Gasteiger partial charge in [-0.1, -0.05) is 46.3 Å². The lowest BCUT2D eigenvalue weighted by Gasteiger charge is -2.35. The Bertz CT molecular complexity index is 1000. The monoisotopic (exact) mass is 494 g/mol. The summed E-state index contributed by atoms with van der Waals surface area (Å²) >= 11 is 3.41. The first-order valence-electron chi connectivity index (χ1n) is 10.7. The van der Waals surface area contributed by atoms with Crippen LogP contribution >= 0.6 is 15.9 Å². The van der Waals surface area contributed by atoms with Crippen LogP contribution in [0.15, 0.2) is 77.4 Å². The Hall–Kier alpha value is -2.74. The number of piperazine rings is 1. The van der Waals surface area contributed by atoms with Crippen molar-refractivity contribution in [1.29, 1.82) is 0 Å². The fourth-order valence-corrected chi connectivity index (χ4v) is 3.91. The Kier molecular flexibility index (Phi) is 7.52. The van der Waals surface area contributed by atoms with Gasteiger partial charge >= 0.3 is 0 Å². The number of amides is 1. The van der Waals surface area contributed by atoms with E-state index in [1.54, 1.807) is 18.3 Å².